The van der Waals surface area contributed by atoms with Gasteiger partial charge in [-0.1, -0.05) is 12.2 Å². The van der Waals surface area contributed by atoms with Crippen LogP contribution in [0.4, 0.5) is 0 Å². The first-order valence-corrected chi connectivity index (χ1v) is 4.98. The fourth-order valence-corrected chi connectivity index (χ4v) is 2.65. The van der Waals surface area contributed by atoms with Gasteiger partial charge in [-0.05, 0) is 36.5 Å². The van der Waals surface area contributed by atoms with Gasteiger partial charge in [-0.15, -0.1) is 8.58 Å². The molecule has 1 aliphatic rings. The molecule has 0 bridgehead atoms. The molecule has 0 atom stereocenters. The first kappa shape index (κ1) is 6.64. The van der Waals surface area contributed by atoms with Gasteiger partial charge in [-0.2, -0.15) is 0 Å². The molecular formula is C6H11PS. The molecule has 0 spiro atoms. The van der Waals surface area contributed by atoms with Gasteiger partial charge in [-0.25, -0.2) is 0 Å². The number of rotatable bonds is 1. The predicted molar refractivity (Wildman–Crippen MR) is 44.4 cm³/mol. The standard InChI is InChI=1S/C6H11PS/c8-5-6-1-3-7-4-2-6/h5-7H,1-4H2. The van der Waals surface area contributed by atoms with E-state index < -0.39 is 0 Å². The molecule has 1 saturated heterocycles. The van der Waals surface area contributed by atoms with E-state index in [-0.39, 0.29) is 0 Å². The van der Waals surface area contributed by atoms with E-state index in [1.165, 1.54) is 33.7 Å². The molecule has 1 heterocycles. The van der Waals surface area contributed by atoms with Gasteiger partial charge in [0.05, 0.1) is 0 Å². The Kier molecular flexibility index (Phi) is 2.93. The minimum Gasteiger partial charge on any atom is -0.122 e. The molecule has 0 aliphatic carbocycles. The van der Waals surface area contributed by atoms with Gasteiger partial charge < -0.3 is 0 Å². The molecule has 46 valence electrons. The zero-order chi connectivity index (χ0) is 5.82. The van der Waals surface area contributed by atoms with Crippen molar-refractivity contribution in [2.45, 2.75) is 12.8 Å². The number of thiocarbonyl (C=S) groups is 1. The van der Waals surface area contributed by atoms with Crippen LogP contribution in [-0.4, -0.2) is 17.7 Å². The summed E-state index contributed by atoms with van der Waals surface area (Å²) >= 11 is 4.85. The van der Waals surface area contributed by atoms with Crippen LogP contribution in [0.1, 0.15) is 12.8 Å². The second-order valence-corrected chi connectivity index (χ2v) is 4.00. The van der Waals surface area contributed by atoms with Gasteiger partial charge in [0.25, 0.3) is 0 Å². The van der Waals surface area contributed by atoms with Gasteiger partial charge >= 0.3 is 0 Å². The molecule has 0 N–H and O–H groups in total. The smallest absolute Gasteiger partial charge is 0.0122 e. The molecule has 1 fully saturated rings. The predicted octanol–water partition coefficient (Wildman–Crippen LogP) is 2.07. The van der Waals surface area contributed by atoms with Crippen LogP contribution in [0.2, 0.25) is 0 Å². The fraction of sp³-hybridized carbons (Fsp3) is 0.833. The van der Waals surface area contributed by atoms with E-state index in [0.717, 1.165) is 5.92 Å². The second-order valence-electron chi connectivity index (χ2n) is 2.22. The quantitative estimate of drug-likeness (QED) is 0.403. The maximum absolute atomic E-state index is 4.85. The van der Waals surface area contributed by atoms with Crippen molar-refractivity contribution in [3.05, 3.63) is 0 Å². The van der Waals surface area contributed by atoms with Crippen molar-refractivity contribution in [3.8, 4) is 0 Å². The Balaban J connectivity index is 2.22. The van der Waals surface area contributed by atoms with E-state index >= 15 is 0 Å². The van der Waals surface area contributed by atoms with Crippen LogP contribution in [0.15, 0.2) is 0 Å². The van der Waals surface area contributed by atoms with Crippen LogP contribution in [0.3, 0.4) is 0 Å². The van der Waals surface area contributed by atoms with Gasteiger partial charge in [0.15, 0.2) is 0 Å². The molecule has 0 nitrogen and oxygen atoms in total. The third kappa shape index (κ3) is 1.80. The lowest BCUT2D eigenvalue weighted by atomic mass is 10.1. The lowest BCUT2D eigenvalue weighted by Gasteiger charge is -2.16. The molecule has 8 heavy (non-hydrogen) atoms. The van der Waals surface area contributed by atoms with Crippen molar-refractivity contribution in [3.63, 3.8) is 0 Å². The molecular weight excluding hydrogens is 135 g/mol. The molecule has 1 rings (SSSR count). The first-order chi connectivity index (χ1) is 3.93. The Morgan fingerprint density at radius 1 is 1.38 bits per heavy atom. The molecule has 0 radical (unpaired) electrons. The first-order valence-electron chi connectivity index (χ1n) is 3.09. The molecule has 0 unspecified atom stereocenters. The van der Waals surface area contributed by atoms with Crippen LogP contribution in [0, 0.1) is 5.92 Å². The average Bonchev–Trinajstić information content (AvgIpc) is 1.90. The highest BCUT2D eigenvalue weighted by atomic mass is 32.1. The van der Waals surface area contributed by atoms with Gasteiger partial charge in [0, 0.05) is 0 Å². The zero-order valence-electron chi connectivity index (χ0n) is 4.89. The number of hydrogen-bond acceptors (Lipinski definition) is 1. The Hall–Kier alpha value is 0.520. The SMILES string of the molecule is S=CC1CCPCC1. The third-order valence-electron chi connectivity index (χ3n) is 1.58. The minimum atomic E-state index is 0.784. The summed E-state index contributed by atoms with van der Waals surface area (Å²) in [4.78, 5) is 0. The van der Waals surface area contributed by atoms with E-state index in [1.807, 2.05) is 5.37 Å². The van der Waals surface area contributed by atoms with E-state index in [4.69, 9.17) is 12.2 Å². The van der Waals surface area contributed by atoms with E-state index in [0.29, 0.717) is 0 Å². The van der Waals surface area contributed by atoms with E-state index in [2.05, 4.69) is 0 Å². The van der Waals surface area contributed by atoms with Crippen molar-refractivity contribution >= 4 is 26.2 Å². The van der Waals surface area contributed by atoms with Gasteiger partial charge in [0.1, 0.15) is 0 Å². The largest absolute Gasteiger partial charge is 0.122 e. The summed E-state index contributed by atoms with van der Waals surface area (Å²) in [6.45, 7) is 0. The summed E-state index contributed by atoms with van der Waals surface area (Å²) in [5, 5.41) is 1.95. The maximum atomic E-state index is 4.85. The minimum absolute atomic E-state index is 0.784. The Morgan fingerprint density at radius 3 is 2.38 bits per heavy atom. The lowest BCUT2D eigenvalue weighted by molar-refractivity contribution is 0.652. The van der Waals surface area contributed by atoms with Crippen molar-refractivity contribution in [2.24, 2.45) is 5.92 Å². The normalized spacial score (nSPS) is 32.8. The molecule has 0 amide bonds. The van der Waals surface area contributed by atoms with Crippen LogP contribution in [0.5, 0.6) is 0 Å². The van der Waals surface area contributed by atoms with Gasteiger partial charge in [0.2, 0.25) is 0 Å². The summed E-state index contributed by atoms with van der Waals surface area (Å²) < 4.78 is 0. The lowest BCUT2D eigenvalue weighted by Crippen LogP contribution is -2.07. The molecule has 2 heteroatoms. The van der Waals surface area contributed by atoms with Gasteiger partial charge in [-0.3, -0.25) is 0 Å². The average molecular weight is 146 g/mol. The van der Waals surface area contributed by atoms with Crippen molar-refractivity contribution in [1.82, 2.24) is 0 Å². The Bertz CT molecular complexity index is 76.6. The highest BCUT2D eigenvalue weighted by molar-refractivity contribution is 7.79. The Labute approximate surface area is 57.8 Å². The topological polar surface area (TPSA) is 0 Å². The van der Waals surface area contributed by atoms with Crippen molar-refractivity contribution in [2.75, 3.05) is 12.3 Å². The summed E-state index contributed by atoms with van der Waals surface area (Å²) in [6, 6.07) is 0. The third-order valence-corrected chi connectivity index (χ3v) is 3.25. The second kappa shape index (κ2) is 3.53. The molecule has 0 saturated carbocycles. The highest BCUT2D eigenvalue weighted by Gasteiger charge is 2.08. The monoisotopic (exact) mass is 146 g/mol. The fourth-order valence-electron chi connectivity index (χ4n) is 0.980. The summed E-state index contributed by atoms with van der Waals surface area (Å²) in [5.74, 6) is 0.784. The van der Waals surface area contributed by atoms with Crippen molar-refractivity contribution in [1.29, 1.82) is 0 Å². The number of hydrogen-bond donors (Lipinski definition) is 0. The molecule has 0 aromatic carbocycles. The summed E-state index contributed by atoms with van der Waals surface area (Å²) in [6.07, 6.45) is 5.58. The molecule has 0 aromatic heterocycles. The maximum Gasteiger partial charge on any atom is -0.0122 e. The van der Waals surface area contributed by atoms with E-state index in [1.54, 1.807) is 0 Å². The van der Waals surface area contributed by atoms with Crippen LogP contribution in [0.25, 0.3) is 0 Å². The summed E-state index contributed by atoms with van der Waals surface area (Å²) in [7, 11) is 1.22. The van der Waals surface area contributed by atoms with Crippen LogP contribution in [-0.2, 0) is 0 Å². The molecule has 0 aromatic rings. The summed E-state index contributed by atoms with van der Waals surface area (Å²) in [5.41, 5.74) is 0. The van der Waals surface area contributed by atoms with Crippen LogP contribution >= 0.6 is 20.8 Å². The Morgan fingerprint density at radius 2 is 2.00 bits per heavy atom. The van der Waals surface area contributed by atoms with E-state index in [9.17, 15) is 0 Å². The molecule has 1 aliphatic heterocycles. The zero-order valence-corrected chi connectivity index (χ0v) is 6.71. The highest BCUT2D eigenvalue weighted by Crippen LogP contribution is 2.25. The van der Waals surface area contributed by atoms with Crippen LogP contribution < -0.4 is 0 Å². The van der Waals surface area contributed by atoms with Crippen molar-refractivity contribution < 1.29 is 0 Å².